The first-order valence-electron chi connectivity index (χ1n) is 6.10. The van der Waals surface area contributed by atoms with Crippen molar-refractivity contribution in [2.24, 2.45) is 0 Å². The largest absolute Gasteiger partial charge is 0.324 e. The number of carbonyl (C=O) groups excluding carboxylic acids is 2. The molecule has 0 saturated carbocycles. The minimum Gasteiger partial charge on any atom is -0.324 e. The lowest BCUT2D eigenvalue weighted by molar-refractivity contribution is -0.114. The molecule has 2 aromatic carbocycles. The standard InChI is InChI=1S/C15H12FIN2O2/c1-9(20)18-14-8-10(6-7-12(14)16)19-15(21)11-4-2-3-5-13(11)17/h2-8H,1H3,(H,18,20)(H,19,21). The van der Waals surface area contributed by atoms with E-state index in [-0.39, 0.29) is 17.5 Å². The number of hydrogen-bond acceptors (Lipinski definition) is 2. The number of hydrogen-bond donors (Lipinski definition) is 2. The zero-order valence-electron chi connectivity index (χ0n) is 11.1. The molecule has 108 valence electrons. The molecule has 2 amide bonds. The zero-order valence-corrected chi connectivity index (χ0v) is 13.3. The summed E-state index contributed by atoms with van der Waals surface area (Å²) in [5.41, 5.74) is 0.969. The molecule has 6 heteroatoms. The number of rotatable bonds is 3. The van der Waals surface area contributed by atoms with Gasteiger partial charge in [0.15, 0.2) is 0 Å². The summed E-state index contributed by atoms with van der Waals surface area (Å²) in [5, 5.41) is 5.05. The van der Waals surface area contributed by atoms with Crippen molar-refractivity contribution in [3.63, 3.8) is 0 Å². The molecule has 0 aliphatic rings. The van der Waals surface area contributed by atoms with Gasteiger partial charge in [-0.2, -0.15) is 0 Å². The fourth-order valence-corrected chi connectivity index (χ4v) is 2.36. The molecular formula is C15H12FIN2O2. The maximum atomic E-state index is 13.5. The number of carbonyl (C=O) groups is 2. The van der Waals surface area contributed by atoms with E-state index in [0.29, 0.717) is 11.3 Å². The summed E-state index contributed by atoms with van der Waals surface area (Å²) in [6.45, 7) is 1.29. The Balaban J connectivity index is 2.22. The van der Waals surface area contributed by atoms with Crippen LogP contribution in [0.4, 0.5) is 15.8 Å². The highest BCUT2D eigenvalue weighted by Crippen LogP contribution is 2.21. The molecule has 0 heterocycles. The minimum absolute atomic E-state index is 0.0306. The molecule has 0 bridgehead atoms. The van der Waals surface area contributed by atoms with Crippen molar-refractivity contribution in [3.05, 3.63) is 57.4 Å². The summed E-state index contributed by atoms with van der Waals surface area (Å²) in [5.74, 6) is -1.23. The van der Waals surface area contributed by atoms with Gasteiger partial charge in [-0.05, 0) is 52.9 Å². The van der Waals surface area contributed by atoms with Crippen LogP contribution in [0.1, 0.15) is 17.3 Å². The summed E-state index contributed by atoms with van der Waals surface area (Å²) in [6.07, 6.45) is 0. The maximum absolute atomic E-state index is 13.5. The van der Waals surface area contributed by atoms with Gasteiger partial charge in [0.1, 0.15) is 5.82 Å². The lowest BCUT2D eigenvalue weighted by Gasteiger charge is -2.09. The number of amides is 2. The molecule has 2 N–H and O–H groups in total. The van der Waals surface area contributed by atoms with Crippen LogP contribution in [0, 0.1) is 9.39 Å². The first-order valence-corrected chi connectivity index (χ1v) is 7.18. The van der Waals surface area contributed by atoms with Crippen molar-refractivity contribution in [2.75, 3.05) is 10.6 Å². The predicted octanol–water partition coefficient (Wildman–Crippen LogP) is 3.64. The van der Waals surface area contributed by atoms with Gasteiger partial charge in [0.05, 0.1) is 11.3 Å². The second-order valence-electron chi connectivity index (χ2n) is 4.31. The van der Waals surface area contributed by atoms with Crippen LogP contribution >= 0.6 is 22.6 Å². The van der Waals surface area contributed by atoms with Gasteiger partial charge in [-0.3, -0.25) is 9.59 Å². The van der Waals surface area contributed by atoms with E-state index in [4.69, 9.17) is 0 Å². The normalized spacial score (nSPS) is 10.0. The molecule has 2 aromatic rings. The van der Waals surface area contributed by atoms with Crippen molar-refractivity contribution in [2.45, 2.75) is 6.92 Å². The van der Waals surface area contributed by atoms with E-state index in [1.807, 2.05) is 12.1 Å². The Labute approximate surface area is 134 Å². The molecule has 2 rings (SSSR count). The number of anilines is 2. The van der Waals surface area contributed by atoms with E-state index in [1.165, 1.54) is 25.1 Å². The Bertz CT molecular complexity index is 704. The van der Waals surface area contributed by atoms with Gasteiger partial charge in [0, 0.05) is 16.2 Å². The molecular weight excluding hydrogens is 386 g/mol. The molecule has 4 nitrogen and oxygen atoms in total. The third kappa shape index (κ3) is 4.01. The molecule has 0 unspecified atom stereocenters. The maximum Gasteiger partial charge on any atom is 0.256 e. The average Bonchev–Trinajstić information content (AvgIpc) is 2.42. The van der Waals surface area contributed by atoms with E-state index < -0.39 is 5.82 Å². The number of nitrogens with one attached hydrogen (secondary N) is 2. The van der Waals surface area contributed by atoms with E-state index in [0.717, 1.165) is 3.57 Å². The Kier molecular flexibility index (Phi) is 4.89. The van der Waals surface area contributed by atoms with Crippen LogP contribution in [0.3, 0.4) is 0 Å². The van der Waals surface area contributed by atoms with E-state index in [9.17, 15) is 14.0 Å². The van der Waals surface area contributed by atoms with Crippen molar-refractivity contribution in [1.82, 2.24) is 0 Å². The first kappa shape index (κ1) is 15.4. The highest BCUT2D eigenvalue weighted by molar-refractivity contribution is 14.1. The zero-order chi connectivity index (χ0) is 15.4. The number of halogens is 2. The molecule has 0 spiro atoms. The van der Waals surface area contributed by atoms with Crippen molar-refractivity contribution in [3.8, 4) is 0 Å². The Morgan fingerprint density at radius 3 is 2.48 bits per heavy atom. The second-order valence-corrected chi connectivity index (χ2v) is 5.47. The molecule has 0 aliphatic heterocycles. The fourth-order valence-electron chi connectivity index (χ4n) is 1.73. The summed E-state index contributed by atoms with van der Waals surface area (Å²) in [7, 11) is 0. The van der Waals surface area contributed by atoms with E-state index in [2.05, 4.69) is 33.2 Å². The van der Waals surface area contributed by atoms with Gasteiger partial charge < -0.3 is 10.6 Å². The predicted molar refractivity (Wildman–Crippen MR) is 87.8 cm³/mol. The number of benzene rings is 2. The molecule has 0 fully saturated rings. The third-order valence-corrected chi connectivity index (χ3v) is 3.59. The van der Waals surface area contributed by atoms with Crippen LogP contribution in [0.25, 0.3) is 0 Å². The lowest BCUT2D eigenvalue weighted by atomic mass is 10.2. The van der Waals surface area contributed by atoms with Crippen LogP contribution in [-0.4, -0.2) is 11.8 Å². The van der Waals surface area contributed by atoms with Gasteiger partial charge in [0.25, 0.3) is 5.91 Å². The average molecular weight is 398 g/mol. The molecule has 0 aromatic heterocycles. The smallest absolute Gasteiger partial charge is 0.256 e. The summed E-state index contributed by atoms with van der Waals surface area (Å²) < 4.78 is 14.3. The van der Waals surface area contributed by atoms with Crippen molar-refractivity contribution < 1.29 is 14.0 Å². The van der Waals surface area contributed by atoms with Crippen LogP contribution < -0.4 is 10.6 Å². The third-order valence-electron chi connectivity index (χ3n) is 2.65. The second kappa shape index (κ2) is 6.66. The fraction of sp³-hybridized carbons (Fsp3) is 0.0667. The quantitative estimate of drug-likeness (QED) is 0.776. The minimum atomic E-state index is -0.558. The molecule has 0 aliphatic carbocycles. The van der Waals surface area contributed by atoms with Crippen molar-refractivity contribution in [1.29, 1.82) is 0 Å². The molecule has 0 radical (unpaired) electrons. The monoisotopic (exact) mass is 398 g/mol. The summed E-state index contributed by atoms with van der Waals surface area (Å²) in [6, 6.07) is 11.1. The summed E-state index contributed by atoms with van der Waals surface area (Å²) in [4.78, 5) is 23.2. The first-order chi connectivity index (χ1) is 9.97. The highest BCUT2D eigenvalue weighted by Gasteiger charge is 2.11. The van der Waals surface area contributed by atoms with Gasteiger partial charge in [-0.15, -0.1) is 0 Å². The van der Waals surface area contributed by atoms with Gasteiger partial charge in [-0.25, -0.2) is 4.39 Å². The molecule has 21 heavy (non-hydrogen) atoms. The van der Waals surface area contributed by atoms with E-state index in [1.54, 1.807) is 12.1 Å². The topological polar surface area (TPSA) is 58.2 Å². The Hall–Kier alpha value is -1.96. The van der Waals surface area contributed by atoms with Gasteiger partial charge >= 0.3 is 0 Å². The summed E-state index contributed by atoms with van der Waals surface area (Å²) >= 11 is 2.07. The van der Waals surface area contributed by atoms with Crippen LogP contribution in [-0.2, 0) is 4.79 Å². The van der Waals surface area contributed by atoms with Crippen LogP contribution in [0.5, 0.6) is 0 Å². The van der Waals surface area contributed by atoms with Gasteiger partial charge in [-0.1, -0.05) is 12.1 Å². The molecule has 0 atom stereocenters. The van der Waals surface area contributed by atoms with Crippen molar-refractivity contribution >= 4 is 45.8 Å². The van der Waals surface area contributed by atoms with Gasteiger partial charge in [0.2, 0.25) is 5.91 Å². The van der Waals surface area contributed by atoms with Crippen LogP contribution in [0.15, 0.2) is 42.5 Å². The van der Waals surface area contributed by atoms with E-state index >= 15 is 0 Å². The molecule has 0 saturated heterocycles. The SMILES string of the molecule is CC(=O)Nc1cc(NC(=O)c2ccccc2I)ccc1F. The van der Waals surface area contributed by atoms with Crippen LogP contribution in [0.2, 0.25) is 0 Å². The Morgan fingerprint density at radius 2 is 1.81 bits per heavy atom. The Morgan fingerprint density at radius 1 is 1.10 bits per heavy atom. The highest BCUT2D eigenvalue weighted by atomic mass is 127. The lowest BCUT2D eigenvalue weighted by Crippen LogP contribution is -2.14.